The fraction of sp³-hybridized carbons (Fsp3) is 0.200. The van der Waals surface area contributed by atoms with E-state index in [-0.39, 0.29) is 12.2 Å². The quantitative estimate of drug-likeness (QED) is 0.821. The van der Waals surface area contributed by atoms with Crippen molar-refractivity contribution >= 4 is 11.9 Å². The molecule has 1 aromatic heterocycles. The summed E-state index contributed by atoms with van der Waals surface area (Å²) in [7, 11) is 3.04. The van der Waals surface area contributed by atoms with Crippen LogP contribution in [0.2, 0.25) is 0 Å². The van der Waals surface area contributed by atoms with Gasteiger partial charge in [0.15, 0.2) is 11.4 Å². The van der Waals surface area contributed by atoms with Gasteiger partial charge < -0.3 is 19.9 Å². The van der Waals surface area contributed by atoms with Crippen LogP contribution >= 0.6 is 0 Å². The fourth-order valence-electron chi connectivity index (χ4n) is 1.94. The summed E-state index contributed by atoms with van der Waals surface area (Å²) in [6.45, 7) is 0.120. The van der Waals surface area contributed by atoms with Gasteiger partial charge in [-0.05, 0) is 18.2 Å². The first-order valence-electron chi connectivity index (χ1n) is 6.60. The second kappa shape index (κ2) is 7.21. The van der Waals surface area contributed by atoms with E-state index < -0.39 is 17.6 Å². The third-order valence-electron chi connectivity index (χ3n) is 3.04. The predicted molar refractivity (Wildman–Crippen MR) is 79.7 cm³/mol. The van der Waals surface area contributed by atoms with Crippen molar-refractivity contribution in [3.8, 4) is 11.5 Å². The minimum absolute atomic E-state index is 0.120. The Bertz CT molecular complexity index is 733. The molecular formula is C15H15N3O5. The topological polar surface area (TPSA) is 111 Å². The Morgan fingerprint density at radius 2 is 1.83 bits per heavy atom. The van der Waals surface area contributed by atoms with Crippen molar-refractivity contribution in [3.63, 3.8) is 0 Å². The Morgan fingerprint density at radius 1 is 1.13 bits per heavy atom. The average Bonchev–Trinajstić information content (AvgIpc) is 2.59. The molecule has 0 fully saturated rings. The molecule has 2 N–H and O–H groups in total. The predicted octanol–water partition coefficient (Wildman–Crippen LogP) is 1.12. The Hall–Kier alpha value is -3.16. The summed E-state index contributed by atoms with van der Waals surface area (Å²) in [5.41, 5.74) is 0.0328. The van der Waals surface area contributed by atoms with Crippen LogP contribution in [0.3, 0.4) is 0 Å². The number of carbonyl (C=O) groups excluding carboxylic acids is 1. The molecule has 0 atom stereocenters. The van der Waals surface area contributed by atoms with Crippen LogP contribution < -0.4 is 14.8 Å². The number of amides is 1. The van der Waals surface area contributed by atoms with Crippen LogP contribution in [0.1, 0.15) is 26.5 Å². The van der Waals surface area contributed by atoms with Gasteiger partial charge in [-0.3, -0.25) is 4.79 Å². The normalized spacial score (nSPS) is 10.0. The summed E-state index contributed by atoms with van der Waals surface area (Å²) < 4.78 is 10.3. The number of aromatic carboxylic acids is 1. The SMILES string of the molecule is COc1ccc(OC)c(CNC(=O)c2nccnc2C(=O)O)c1. The van der Waals surface area contributed by atoms with E-state index in [2.05, 4.69) is 15.3 Å². The number of aromatic nitrogens is 2. The molecule has 1 heterocycles. The van der Waals surface area contributed by atoms with Crippen LogP contribution in [0, 0.1) is 0 Å². The van der Waals surface area contributed by atoms with Crippen LogP contribution in [0.4, 0.5) is 0 Å². The molecule has 2 aromatic rings. The Morgan fingerprint density at radius 3 is 2.43 bits per heavy atom. The van der Waals surface area contributed by atoms with E-state index in [1.54, 1.807) is 18.2 Å². The Balaban J connectivity index is 2.18. The number of carbonyl (C=O) groups is 2. The maximum Gasteiger partial charge on any atom is 0.356 e. The third-order valence-corrected chi connectivity index (χ3v) is 3.04. The van der Waals surface area contributed by atoms with Crippen LogP contribution in [-0.4, -0.2) is 41.2 Å². The highest BCUT2D eigenvalue weighted by molar-refractivity contribution is 6.01. The fourth-order valence-corrected chi connectivity index (χ4v) is 1.94. The van der Waals surface area contributed by atoms with E-state index in [1.807, 2.05) is 0 Å². The van der Waals surface area contributed by atoms with Gasteiger partial charge in [0.05, 0.1) is 14.2 Å². The molecule has 0 aliphatic carbocycles. The number of carboxylic acid groups (broad SMARTS) is 1. The first-order valence-corrected chi connectivity index (χ1v) is 6.60. The number of methoxy groups -OCH3 is 2. The minimum atomic E-state index is -1.32. The lowest BCUT2D eigenvalue weighted by Crippen LogP contribution is -2.27. The Kier molecular flexibility index (Phi) is 5.08. The van der Waals surface area contributed by atoms with Gasteiger partial charge >= 0.3 is 5.97 Å². The number of benzene rings is 1. The van der Waals surface area contributed by atoms with Crippen molar-refractivity contribution in [3.05, 3.63) is 47.5 Å². The lowest BCUT2D eigenvalue weighted by atomic mass is 10.2. The number of nitrogens with zero attached hydrogens (tertiary/aromatic N) is 2. The van der Waals surface area contributed by atoms with Gasteiger partial charge in [0.2, 0.25) is 0 Å². The van der Waals surface area contributed by atoms with Gasteiger partial charge in [0.25, 0.3) is 5.91 Å². The lowest BCUT2D eigenvalue weighted by Gasteiger charge is -2.11. The largest absolute Gasteiger partial charge is 0.497 e. The molecular weight excluding hydrogens is 302 g/mol. The summed E-state index contributed by atoms with van der Waals surface area (Å²) in [6, 6.07) is 5.16. The molecule has 0 radical (unpaired) electrons. The van der Waals surface area contributed by atoms with E-state index in [0.717, 1.165) is 0 Å². The average molecular weight is 317 g/mol. The van der Waals surface area contributed by atoms with Gasteiger partial charge in [0, 0.05) is 24.5 Å². The van der Waals surface area contributed by atoms with Crippen molar-refractivity contribution < 1.29 is 24.2 Å². The maximum atomic E-state index is 12.1. The van der Waals surface area contributed by atoms with Crippen LogP contribution in [0.15, 0.2) is 30.6 Å². The number of carboxylic acids is 1. The van der Waals surface area contributed by atoms with Crippen molar-refractivity contribution in [1.29, 1.82) is 0 Å². The van der Waals surface area contributed by atoms with Crippen LogP contribution in [-0.2, 0) is 6.54 Å². The highest BCUT2D eigenvalue weighted by Crippen LogP contribution is 2.23. The molecule has 0 aliphatic heterocycles. The third kappa shape index (κ3) is 3.73. The zero-order valence-electron chi connectivity index (χ0n) is 12.6. The second-order valence-corrected chi connectivity index (χ2v) is 4.42. The molecule has 0 spiro atoms. The molecule has 8 heteroatoms. The summed E-state index contributed by atoms with van der Waals surface area (Å²) in [4.78, 5) is 30.6. The molecule has 8 nitrogen and oxygen atoms in total. The molecule has 23 heavy (non-hydrogen) atoms. The molecule has 0 bridgehead atoms. The van der Waals surface area contributed by atoms with E-state index in [4.69, 9.17) is 14.6 Å². The van der Waals surface area contributed by atoms with Crippen molar-refractivity contribution in [1.82, 2.24) is 15.3 Å². The molecule has 0 aliphatic rings. The zero-order valence-corrected chi connectivity index (χ0v) is 12.6. The highest BCUT2D eigenvalue weighted by Gasteiger charge is 2.19. The van der Waals surface area contributed by atoms with Crippen LogP contribution in [0.5, 0.6) is 11.5 Å². The van der Waals surface area contributed by atoms with E-state index in [0.29, 0.717) is 17.1 Å². The van der Waals surface area contributed by atoms with Crippen LogP contribution in [0.25, 0.3) is 0 Å². The molecule has 1 aromatic carbocycles. The number of hydrogen-bond acceptors (Lipinski definition) is 6. The monoisotopic (exact) mass is 317 g/mol. The van der Waals surface area contributed by atoms with Gasteiger partial charge in [-0.2, -0.15) is 0 Å². The summed E-state index contributed by atoms with van der Waals surface area (Å²) >= 11 is 0. The molecule has 2 rings (SSSR count). The number of rotatable bonds is 6. The first kappa shape index (κ1) is 16.2. The van der Waals surface area contributed by atoms with Gasteiger partial charge in [0.1, 0.15) is 11.5 Å². The molecule has 0 saturated carbocycles. The van der Waals surface area contributed by atoms with Gasteiger partial charge in [-0.15, -0.1) is 0 Å². The minimum Gasteiger partial charge on any atom is -0.497 e. The highest BCUT2D eigenvalue weighted by atomic mass is 16.5. The smallest absolute Gasteiger partial charge is 0.356 e. The van der Waals surface area contributed by atoms with E-state index in [1.165, 1.54) is 26.6 Å². The second-order valence-electron chi connectivity index (χ2n) is 4.42. The summed E-state index contributed by atoms with van der Waals surface area (Å²) in [5, 5.41) is 11.6. The lowest BCUT2D eigenvalue weighted by molar-refractivity contribution is 0.0683. The molecule has 120 valence electrons. The maximum absolute atomic E-state index is 12.1. The molecule has 0 saturated heterocycles. The molecule has 0 unspecified atom stereocenters. The summed E-state index contributed by atoms with van der Waals surface area (Å²) in [5.74, 6) is -0.771. The Labute approximate surface area is 132 Å². The van der Waals surface area contributed by atoms with Gasteiger partial charge in [-0.25, -0.2) is 14.8 Å². The first-order chi connectivity index (χ1) is 11.1. The van der Waals surface area contributed by atoms with E-state index in [9.17, 15) is 9.59 Å². The van der Waals surface area contributed by atoms with E-state index >= 15 is 0 Å². The molecule has 1 amide bonds. The van der Waals surface area contributed by atoms with Crippen molar-refractivity contribution in [2.75, 3.05) is 14.2 Å². The van der Waals surface area contributed by atoms with Crippen molar-refractivity contribution in [2.24, 2.45) is 0 Å². The summed E-state index contributed by atoms with van der Waals surface area (Å²) in [6.07, 6.45) is 2.47. The standard InChI is InChI=1S/C15H15N3O5/c1-22-10-3-4-11(23-2)9(7-10)8-18-14(19)12-13(15(20)21)17-6-5-16-12/h3-7H,8H2,1-2H3,(H,18,19)(H,20,21). The number of nitrogens with one attached hydrogen (secondary N) is 1. The van der Waals surface area contributed by atoms with Crippen molar-refractivity contribution in [2.45, 2.75) is 6.54 Å². The zero-order chi connectivity index (χ0) is 16.8. The number of hydrogen-bond donors (Lipinski definition) is 2. The van der Waals surface area contributed by atoms with Gasteiger partial charge in [-0.1, -0.05) is 0 Å². The number of ether oxygens (including phenoxy) is 2.